The van der Waals surface area contributed by atoms with Gasteiger partial charge in [-0.25, -0.2) is 0 Å². The number of nitrogens with zero attached hydrogens (tertiary/aromatic N) is 2. The highest BCUT2D eigenvalue weighted by Crippen LogP contribution is 2.66. The summed E-state index contributed by atoms with van der Waals surface area (Å²) in [6.07, 6.45) is 0. The number of fused-ring (bicyclic) bond motifs is 20. The number of hydrogen-bond acceptors (Lipinski definition) is 4. The van der Waals surface area contributed by atoms with Crippen molar-refractivity contribution in [1.82, 2.24) is 0 Å². The molecule has 4 heteroatoms. The predicted octanol–water partition coefficient (Wildman–Crippen LogP) is 24.3. The minimum absolute atomic E-state index is 0.0159. The zero-order chi connectivity index (χ0) is 61.3. The van der Waals surface area contributed by atoms with Crippen LogP contribution in [0.1, 0.15) is 128 Å². The molecular weight excluding hydrogens is 1080 g/mol. The highest BCUT2D eigenvalue weighted by atomic mass is 16.3. The number of para-hydroxylation sites is 2. The first-order valence-corrected chi connectivity index (χ1v) is 31.7. The van der Waals surface area contributed by atoms with Gasteiger partial charge in [-0.05, 0) is 196 Å². The van der Waals surface area contributed by atoms with Crippen molar-refractivity contribution in [3.63, 3.8) is 0 Å². The summed E-state index contributed by atoms with van der Waals surface area (Å²) in [4.78, 5) is 4.99. The third-order valence-corrected chi connectivity index (χ3v) is 19.7. The molecule has 14 aromatic rings. The lowest BCUT2D eigenvalue weighted by Crippen LogP contribution is -2.26. The van der Waals surface area contributed by atoms with Crippen LogP contribution in [0.25, 0.3) is 87.7 Å². The van der Waals surface area contributed by atoms with E-state index >= 15 is 0 Å². The van der Waals surface area contributed by atoms with Crippen molar-refractivity contribution in [1.29, 1.82) is 0 Å². The van der Waals surface area contributed by atoms with E-state index in [1.807, 2.05) is 0 Å². The van der Waals surface area contributed by atoms with Crippen molar-refractivity contribution < 1.29 is 8.83 Å². The van der Waals surface area contributed by atoms with Gasteiger partial charge in [0.05, 0.1) is 22.2 Å². The van der Waals surface area contributed by atoms with E-state index in [0.717, 1.165) is 99.5 Å². The number of benzene rings is 12. The zero-order valence-electron chi connectivity index (χ0n) is 53.2. The monoisotopic (exact) mass is 1150 g/mol. The first-order chi connectivity index (χ1) is 42.6. The molecule has 0 aliphatic heterocycles. The molecule has 16 rings (SSSR count). The van der Waals surface area contributed by atoms with Gasteiger partial charge in [-0.3, -0.25) is 0 Å². The molecule has 0 bridgehead atoms. The standard InChI is InChI=1S/C85H74N2O2/c1-81(2,3)52-29-37-56(38-30-52)86(57-39-31-53(32-40-57)82(4,5)6)73-50-72-78(67-49-77-66(48-65(67)73)62-23-15-19-27-75(62)88-77)68-47-64-51(45-71(68)85(72)69-25-17-13-21-60(69)61-22-14-18-26-70(61)85)46-74(79-63-24-16-20-28-76(63)89-80(64)79)87(58-41-33-54(34-42-58)83(7,8)9)59-43-35-55(36-44-59)84(10,11)12/h13-50H,1-12H3. The van der Waals surface area contributed by atoms with Gasteiger partial charge in [0.25, 0.3) is 0 Å². The topological polar surface area (TPSA) is 32.8 Å². The summed E-state index contributed by atoms with van der Waals surface area (Å²) >= 11 is 0. The summed E-state index contributed by atoms with van der Waals surface area (Å²) in [7, 11) is 0. The Kier molecular flexibility index (Phi) is 11.8. The second-order valence-corrected chi connectivity index (χ2v) is 29.3. The molecule has 0 saturated carbocycles. The molecule has 1 spiro atoms. The van der Waals surface area contributed by atoms with Crippen LogP contribution < -0.4 is 9.80 Å². The Morgan fingerprint density at radius 2 is 0.730 bits per heavy atom. The summed E-state index contributed by atoms with van der Waals surface area (Å²) in [5.41, 5.74) is 24.2. The van der Waals surface area contributed by atoms with Gasteiger partial charge >= 0.3 is 0 Å². The van der Waals surface area contributed by atoms with Crippen LogP contribution in [0.2, 0.25) is 0 Å². The minimum atomic E-state index is -0.746. The second kappa shape index (κ2) is 19.2. The fourth-order valence-corrected chi connectivity index (χ4v) is 15.0. The van der Waals surface area contributed by atoms with Crippen LogP contribution in [0.3, 0.4) is 0 Å². The van der Waals surface area contributed by atoms with Gasteiger partial charge in [0, 0.05) is 49.7 Å². The Balaban J connectivity index is 1.05. The van der Waals surface area contributed by atoms with E-state index < -0.39 is 5.41 Å². The van der Waals surface area contributed by atoms with E-state index in [4.69, 9.17) is 8.83 Å². The van der Waals surface area contributed by atoms with E-state index in [2.05, 4.69) is 323 Å². The molecule has 2 aromatic heterocycles. The quantitative estimate of drug-likeness (QED) is 0.166. The first kappa shape index (κ1) is 54.7. The molecule has 2 aliphatic carbocycles. The van der Waals surface area contributed by atoms with Crippen molar-refractivity contribution in [2.45, 2.75) is 110 Å². The Labute approximate surface area is 522 Å². The number of hydrogen-bond donors (Lipinski definition) is 0. The summed E-state index contributed by atoms with van der Waals surface area (Å²) in [5.74, 6) is 0. The van der Waals surface area contributed by atoms with Crippen LogP contribution >= 0.6 is 0 Å². The maximum absolute atomic E-state index is 7.37. The van der Waals surface area contributed by atoms with Crippen LogP contribution in [0, 0.1) is 0 Å². The molecule has 4 nitrogen and oxygen atoms in total. The van der Waals surface area contributed by atoms with Gasteiger partial charge in [0.2, 0.25) is 0 Å². The van der Waals surface area contributed by atoms with Crippen molar-refractivity contribution in [3.05, 3.63) is 275 Å². The molecule has 0 radical (unpaired) electrons. The second-order valence-electron chi connectivity index (χ2n) is 29.3. The largest absolute Gasteiger partial charge is 0.456 e. The van der Waals surface area contributed by atoms with Crippen LogP contribution in [-0.4, -0.2) is 0 Å². The highest BCUT2D eigenvalue weighted by Gasteiger charge is 2.53. The molecule has 0 amide bonds. The molecule has 0 N–H and O–H groups in total. The molecule has 0 unspecified atom stereocenters. The first-order valence-electron chi connectivity index (χ1n) is 31.7. The Morgan fingerprint density at radius 3 is 1.22 bits per heavy atom. The van der Waals surface area contributed by atoms with Crippen molar-refractivity contribution >= 4 is 99.5 Å². The fraction of sp³-hybridized carbons (Fsp3) is 0.200. The SMILES string of the molecule is CC(C)(C)c1ccc(N(c2ccc(C(C)(C)C)cc2)c2cc3c(c4cc5oc6ccccc6c5cc24)-c2cc4c(cc2C32c3ccccc3-c3ccccc32)cc(N(c2ccc(C(C)(C)C)cc2)c2ccc(C(C)(C)C)cc2)c2c3ccccc3oc42)cc1. The molecule has 0 fully saturated rings. The van der Waals surface area contributed by atoms with Gasteiger partial charge in [-0.2, -0.15) is 0 Å². The van der Waals surface area contributed by atoms with E-state index in [1.165, 1.54) is 66.8 Å². The van der Waals surface area contributed by atoms with Gasteiger partial charge in [-0.1, -0.05) is 217 Å². The van der Waals surface area contributed by atoms with Gasteiger partial charge in [-0.15, -0.1) is 0 Å². The summed E-state index contributed by atoms with van der Waals surface area (Å²) in [5, 5.41) is 8.77. The summed E-state index contributed by atoms with van der Waals surface area (Å²) in [6.45, 7) is 27.5. The van der Waals surface area contributed by atoms with Crippen molar-refractivity contribution in [3.8, 4) is 22.3 Å². The maximum Gasteiger partial charge on any atom is 0.145 e. The van der Waals surface area contributed by atoms with Gasteiger partial charge < -0.3 is 18.6 Å². The van der Waals surface area contributed by atoms with Crippen molar-refractivity contribution in [2.24, 2.45) is 0 Å². The van der Waals surface area contributed by atoms with Crippen LogP contribution in [0.5, 0.6) is 0 Å². The van der Waals surface area contributed by atoms with Gasteiger partial charge in [0.1, 0.15) is 22.3 Å². The third kappa shape index (κ3) is 8.32. The molecule has 0 atom stereocenters. The molecular formula is C85H74N2O2. The molecule has 2 heterocycles. The Hall–Kier alpha value is -9.64. The van der Waals surface area contributed by atoms with E-state index in [-0.39, 0.29) is 21.7 Å². The fourth-order valence-electron chi connectivity index (χ4n) is 15.0. The van der Waals surface area contributed by atoms with E-state index in [9.17, 15) is 0 Å². The van der Waals surface area contributed by atoms with Crippen molar-refractivity contribution in [2.75, 3.05) is 9.80 Å². The molecule has 89 heavy (non-hydrogen) atoms. The van der Waals surface area contributed by atoms with Crippen LogP contribution in [0.4, 0.5) is 34.1 Å². The lowest BCUT2D eigenvalue weighted by molar-refractivity contribution is 0.590. The highest BCUT2D eigenvalue weighted by molar-refractivity contribution is 6.25. The van der Waals surface area contributed by atoms with Crippen LogP contribution in [0.15, 0.2) is 239 Å². The summed E-state index contributed by atoms with van der Waals surface area (Å²) < 4.78 is 14.4. The molecule has 12 aromatic carbocycles. The zero-order valence-corrected chi connectivity index (χ0v) is 53.2. The van der Waals surface area contributed by atoms with E-state index in [0.29, 0.717) is 0 Å². The number of furan rings is 2. The third-order valence-electron chi connectivity index (χ3n) is 19.7. The molecule has 0 saturated heterocycles. The van der Waals surface area contributed by atoms with Gasteiger partial charge in [0.15, 0.2) is 0 Å². The molecule has 436 valence electrons. The molecule has 2 aliphatic rings. The average molecular weight is 1160 g/mol. The maximum atomic E-state index is 7.37. The lowest BCUT2D eigenvalue weighted by Gasteiger charge is -2.33. The number of anilines is 6. The van der Waals surface area contributed by atoms with Crippen LogP contribution in [-0.2, 0) is 27.1 Å². The van der Waals surface area contributed by atoms with E-state index in [1.54, 1.807) is 0 Å². The number of rotatable bonds is 6. The minimum Gasteiger partial charge on any atom is -0.456 e. The predicted molar refractivity (Wildman–Crippen MR) is 376 cm³/mol. The lowest BCUT2D eigenvalue weighted by atomic mass is 9.70. The smallest absolute Gasteiger partial charge is 0.145 e. The Morgan fingerprint density at radius 1 is 0.292 bits per heavy atom. The summed E-state index contributed by atoms with van der Waals surface area (Å²) in [6, 6.07) is 87.4. The average Bonchev–Trinajstić information content (AvgIpc) is 1.51. The Bertz CT molecular complexity index is 5040. The normalized spacial score (nSPS) is 13.7.